The highest BCUT2D eigenvalue weighted by molar-refractivity contribution is 7.98. The molecule has 0 bridgehead atoms. The van der Waals surface area contributed by atoms with E-state index in [-0.39, 0.29) is 11.4 Å². The number of phenolic OH excluding ortho intramolecular Hbond substituents is 1. The number of nitrogens with two attached hydrogens (primary N) is 1. The summed E-state index contributed by atoms with van der Waals surface area (Å²) < 4.78 is 0. The normalized spacial score (nSPS) is 10.2. The molecule has 0 aliphatic rings. The van der Waals surface area contributed by atoms with E-state index >= 15 is 0 Å². The monoisotopic (exact) mass is 291 g/mol. The topological polar surface area (TPSA) is 101 Å². The minimum atomic E-state index is -0.442. The predicted octanol–water partition coefficient (Wildman–Crippen LogP) is 2.88. The van der Waals surface area contributed by atoms with Crippen LogP contribution in [0, 0.1) is 10.1 Å². The molecule has 0 radical (unpaired) electrons. The van der Waals surface area contributed by atoms with Gasteiger partial charge in [-0.05, 0) is 29.8 Å². The number of phenols is 1. The van der Waals surface area contributed by atoms with Crippen molar-refractivity contribution in [2.75, 3.05) is 5.43 Å². The molecule has 2 rings (SSSR count). The van der Waals surface area contributed by atoms with Crippen molar-refractivity contribution in [2.24, 2.45) is 5.84 Å². The van der Waals surface area contributed by atoms with Gasteiger partial charge in [0, 0.05) is 22.8 Å². The number of nitro benzene ring substituents is 1. The van der Waals surface area contributed by atoms with Crippen LogP contribution in [-0.2, 0) is 5.75 Å². The average molecular weight is 291 g/mol. The molecule has 0 aliphatic carbocycles. The van der Waals surface area contributed by atoms with Crippen molar-refractivity contribution < 1.29 is 10.0 Å². The van der Waals surface area contributed by atoms with E-state index in [1.807, 2.05) is 6.07 Å². The van der Waals surface area contributed by atoms with E-state index in [0.29, 0.717) is 11.4 Å². The number of aromatic hydroxyl groups is 1. The zero-order valence-electron chi connectivity index (χ0n) is 10.4. The van der Waals surface area contributed by atoms with Crippen LogP contribution in [0.15, 0.2) is 47.4 Å². The lowest BCUT2D eigenvalue weighted by Gasteiger charge is -2.08. The van der Waals surface area contributed by atoms with Crippen molar-refractivity contribution in [3.63, 3.8) is 0 Å². The highest BCUT2D eigenvalue weighted by Gasteiger charge is 2.10. The molecule has 0 saturated heterocycles. The number of anilines is 1. The second-order valence-electron chi connectivity index (χ2n) is 4.03. The smallest absolute Gasteiger partial charge is 0.269 e. The molecular weight excluding hydrogens is 278 g/mol. The molecule has 4 N–H and O–H groups in total. The highest BCUT2D eigenvalue weighted by Crippen LogP contribution is 2.30. The van der Waals surface area contributed by atoms with Gasteiger partial charge < -0.3 is 10.5 Å². The Morgan fingerprint density at radius 3 is 2.75 bits per heavy atom. The molecule has 0 atom stereocenters. The van der Waals surface area contributed by atoms with Gasteiger partial charge in [-0.2, -0.15) is 0 Å². The lowest BCUT2D eigenvalue weighted by Crippen LogP contribution is -2.09. The van der Waals surface area contributed by atoms with Crippen molar-refractivity contribution in [1.82, 2.24) is 0 Å². The molecule has 104 valence electrons. The fourth-order valence-electron chi connectivity index (χ4n) is 1.69. The molecule has 0 aliphatic heterocycles. The maximum absolute atomic E-state index is 10.8. The number of benzene rings is 2. The van der Waals surface area contributed by atoms with Gasteiger partial charge in [-0.25, -0.2) is 0 Å². The molecule has 0 unspecified atom stereocenters. The first kappa shape index (κ1) is 14.2. The summed E-state index contributed by atoms with van der Waals surface area (Å²) in [5.41, 5.74) is 3.92. The third-order valence-electron chi connectivity index (χ3n) is 2.67. The van der Waals surface area contributed by atoms with E-state index in [1.165, 1.54) is 23.9 Å². The zero-order chi connectivity index (χ0) is 14.5. The van der Waals surface area contributed by atoms with Crippen molar-refractivity contribution in [3.05, 3.63) is 58.1 Å². The molecule has 0 fully saturated rings. The molecule has 0 heterocycles. The summed E-state index contributed by atoms with van der Waals surface area (Å²) in [7, 11) is 0. The number of nitrogen functional groups attached to an aromatic ring is 1. The molecule has 0 amide bonds. The number of non-ortho nitro benzene ring substituents is 1. The first-order chi connectivity index (χ1) is 9.60. The maximum atomic E-state index is 10.8. The van der Waals surface area contributed by atoms with Crippen LogP contribution < -0.4 is 11.3 Å². The second-order valence-corrected chi connectivity index (χ2v) is 5.08. The Kier molecular flexibility index (Phi) is 4.44. The van der Waals surface area contributed by atoms with Crippen molar-refractivity contribution in [1.29, 1.82) is 0 Å². The Morgan fingerprint density at radius 1 is 1.30 bits per heavy atom. The largest absolute Gasteiger partial charge is 0.508 e. The molecule has 7 heteroatoms. The van der Waals surface area contributed by atoms with E-state index in [1.54, 1.807) is 24.3 Å². The Bertz CT molecular complexity index is 634. The van der Waals surface area contributed by atoms with Gasteiger partial charge in [0.25, 0.3) is 5.69 Å². The van der Waals surface area contributed by atoms with Crippen LogP contribution in [-0.4, -0.2) is 10.0 Å². The van der Waals surface area contributed by atoms with E-state index < -0.39 is 4.92 Å². The van der Waals surface area contributed by atoms with Gasteiger partial charge in [-0.15, -0.1) is 11.8 Å². The second kappa shape index (κ2) is 6.27. The molecular formula is C13H13N3O3S. The van der Waals surface area contributed by atoms with Gasteiger partial charge in [0.05, 0.1) is 10.6 Å². The summed E-state index contributed by atoms with van der Waals surface area (Å²) in [6, 6.07) is 11.3. The van der Waals surface area contributed by atoms with Crippen LogP contribution in [0.5, 0.6) is 5.75 Å². The van der Waals surface area contributed by atoms with Gasteiger partial charge in [-0.1, -0.05) is 6.07 Å². The predicted molar refractivity (Wildman–Crippen MR) is 78.6 cm³/mol. The van der Waals surface area contributed by atoms with Crippen LogP contribution in [0.25, 0.3) is 0 Å². The van der Waals surface area contributed by atoms with Gasteiger partial charge in [0.1, 0.15) is 5.75 Å². The summed E-state index contributed by atoms with van der Waals surface area (Å²) in [5.74, 6) is 6.09. The summed E-state index contributed by atoms with van der Waals surface area (Å²) in [6.45, 7) is 0. The molecule has 6 nitrogen and oxygen atoms in total. The summed E-state index contributed by atoms with van der Waals surface area (Å²) in [5, 5.41) is 20.2. The van der Waals surface area contributed by atoms with Crippen molar-refractivity contribution in [2.45, 2.75) is 10.6 Å². The standard InChI is InChI=1S/C13H13N3O3S/c14-15-13-5-4-10(16(18)19)6-9(13)8-20-12-3-1-2-11(17)7-12/h1-7,15,17H,8,14H2. The minimum absolute atomic E-state index is 0.0236. The fraction of sp³-hybridized carbons (Fsp3) is 0.0769. The van der Waals surface area contributed by atoms with Gasteiger partial charge in [0.15, 0.2) is 0 Å². The first-order valence-corrected chi connectivity index (χ1v) is 6.74. The van der Waals surface area contributed by atoms with Crippen LogP contribution >= 0.6 is 11.8 Å². The van der Waals surface area contributed by atoms with E-state index in [4.69, 9.17) is 5.84 Å². The fourth-order valence-corrected chi connectivity index (χ4v) is 2.63. The van der Waals surface area contributed by atoms with Crippen molar-refractivity contribution in [3.8, 4) is 5.75 Å². The van der Waals surface area contributed by atoms with Gasteiger partial charge in [0.2, 0.25) is 0 Å². The summed E-state index contributed by atoms with van der Waals surface area (Å²) >= 11 is 1.46. The minimum Gasteiger partial charge on any atom is -0.508 e. The average Bonchev–Trinajstić information content (AvgIpc) is 2.44. The Labute approximate surface area is 119 Å². The number of thioether (sulfide) groups is 1. The Balaban J connectivity index is 2.19. The number of hydrogen-bond acceptors (Lipinski definition) is 6. The molecule has 2 aromatic carbocycles. The SMILES string of the molecule is NNc1ccc([N+](=O)[O-])cc1CSc1cccc(O)c1. The molecule has 20 heavy (non-hydrogen) atoms. The zero-order valence-corrected chi connectivity index (χ0v) is 11.3. The number of rotatable bonds is 5. The Morgan fingerprint density at radius 2 is 2.10 bits per heavy atom. The Hall–Kier alpha value is -2.25. The number of hydrazine groups is 1. The third kappa shape index (κ3) is 3.40. The van der Waals surface area contributed by atoms with Gasteiger partial charge in [-0.3, -0.25) is 16.0 Å². The maximum Gasteiger partial charge on any atom is 0.269 e. The quantitative estimate of drug-likeness (QED) is 0.339. The van der Waals surface area contributed by atoms with E-state index in [9.17, 15) is 15.2 Å². The van der Waals surface area contributed by atoms with Crippen LogP contribution in [0.1, 0.15) is 5.56 Å². The van der Waals surface area contributed by atoms with Crippen LogP contribution in [0.3, 0.4) is 0 Å². The first-order valence-electron chi connectivity index (χ1n) is 5.76. The van der Waals surface area contributed by atoms with Gasteiger partial charge >= 0.3 is 0 Å². The lowest BCUT2D eigenvalue weighted by atomic mass is 10.2. The molecule has 2 aromatic rings. The summed E-state index contributed by atoms with van der Waals surface area (Å²) in [4.78, 5) is 11.2. The van der Waals surface area contributed by atoms with Crippen LogP contribution in [0.2, 0.25) is 0 Å². The number of hydrogen-bond donors (Lipinski definition) is 3. The number of nitrogens with zero attached hydrogens (tertiary/aromatic N) is 1. The van der Waals surface area contributed by atoms with Crippen molar-refractivity contribution >= 4 is 23.1 Å². The van der Waals surface area contributed by atoms with Crippen LogP contribution in [0.4, 0.5) is 11.4 Å². The molecule has 0 aromatic heterocycles. The number of nitro groups is 1. The molecule has 0 saturated carbocycles. The summed E-state index contributed by atoms with van der Waals surface area (Å²) in [6.07, 6.45) is 0. The highest BCUT2D eigenvalue weighted by atomic mass is 32.2. The van der Waals surface area contributed by atoms with E-state index in [2.05, 4.69) is 5.43 Å². The number of nitrogens with one attached hydrogen (secondary N) is 1. The lowest BCUT2D eigenvalue weighted by molar-refractivity contribution is -0.384. The molecule has 0 spiro atoms. The van der Waals surface area contributed by atoms with E-state index in [0.717, 1.165) is 10.5 Å². The third-order valence-corrected chi connectivity index (χ3v) is 3.71.